The highest BCUT2D eigenvalue weighted by Crippen LogP contribution is 2.50. The van der Waals surface area contributed by atoms with Crippen molar-refractivity contribution in [3.05, 3.63) is 267 Å². The maximum absolute atomic E-state index is 6.92. The van der Waals surface area contributed by atoms with Crippen molar-refractivity contribution >= 4 is 88.4 Å². The van der Waals surface area contributed by atoms with Crippen molar-refractivity contribution in [2.24, 2.45) is 0 Å². The Morgan fingerprint density at radius 2 is 0.569 bits per heavy atom. The van der Waals surface area contributed by atoms with Gasteiger partial charge in [-0.2, -0.15) is 0 Å². The van der Waals surface area contributed by atoms with Gasteiger partial charge in [-0.15, -0.1) is 0 Å². The Bertz CT molecular complexity index is 3970. The number of anilines is 6. The maximum Gasteiger partial charge on any atom is 0.143 e. The molecule has 0 unspecified atom stereocenters. The molecule has 0 N–H and O–H groups in total. The monoisotopic (exact) mass is 920 g/mol. The fourth-order valence-electron chi connectivity index (χ4n) is 11.0. The highest BCUT2D eigenvalue weighted by Gasteiger charge is 2.25. The lowest BCUT2D eigenvalue weighted by Gasteiger charge is -2.29. The Morgan fingerprint density at radius 1 is 0.250 bits per heavy atom. The lowest BCUT2D eigenvalue weighted by molar-refractivity contribution is 0.632. The lowest BCUT2D eigenvalue weighted by Crippen LogP contribution is -2.11. The molecule has 0 spiro atoms. The van der Waals surface area contributed by atoms with Gasteiger partial charge in [0.25, 0.3) is 0 Å². The first-order valence-electron chi connectivity index (χ1n) is 24.5. The molecule has 72 heavy (non-hydrogen) atoms. The average Bonchev–Trinajstić information content (AvgIpc) is 4.04. The third-order valence-electron chi connectivity index (χ3n) is 14.2. The van der Waals surface area contributed by atoms with Gasteiger partial charge in [-0.25, -0.2) is 0 Å². The summed E-state index contributed by atoms with van der Waals surface area (Å²) in [6.45, 7) is 0. The zero-order chi connectivity index (χ0) is 47.5. The zero-order valence-electron chi connectivity index (χ0n) is 39.1. The van der Waals surface area contributed by atoms with Crippen LogP contribution in [0.5, 0.6) is 0 Å². The molecule has 0 aliphatic rings. The number of hydrogen-bond acceptors (Lipinski definition) is 4. The van der Waals surface area contributed by atoms with Crippen LogP contribution in [0.15, 0.2) is 276 Å². The van der Waals surface area contributed by atoms with Crippen LogP contribution in [0.3, 0.4) is 0 Å². The van der Waals surface area contributed by atoms with Gasteiger partial charge >= 0.3 is 0 Å². The van der Waals surface area contributed by atoms with Crippen LogP contribution in [0, 0.1) is 0 Å². The maximum atomic E-state index is 6.92. The van der Waals surface area contributed by atoms with Crippen LogP contribution in [0.25, 0.3) is 99.2 Å². The van der Waals surface area contributed by atoms with Crippen LogP contribution in [0.1, 0.15) is 0 Å². The molecule has 0 bridgehead atoms. The molecule has 0 aliphatic heterocycles. The fraction of sp³-hybridized carbons (Fsp3) is 0. The second-order valence-electron chi connectivity index (χ2n) is 18.4. The van der Waals surface area contributed by atoms with Gasteiger partial charge in [-0.1, -0.05) is 194 Å². The summed E-state index contributed by atoms with van der Waals surface area (Å²) in [5.41, 5.74) is 14.5. The highest BCUT2D eigenvalue weighted by molar-refractivity contribution is 6.28. The molecule has 338 valence electrons. The number of furan rings is 2. The third kappa shape index (κ3) is 6.84. The van der Waals surface area contributed by atoms with Crippen molar-refractivity contribution in [2.45, 2.75) is 0 Å². The molecule has 0 saturated heterocycles. The quantitative estimate of drug-likeness (QED) is 0.128. The molecule has 4 heteroatoms. The van der Waals surface area contributed by atoms with Gasteiger partial charge in [0.2, 0.25) is 0 Å². The molecule has 14 rings (SSSR count). The van der Waals surface area contributed by atoms with E-state index in [9.17, 15) is 0 Å². The molecule has 0 amide bonds. The van der Waals surface area contributed by atoms with Gasteiger partial charge in [0, 0.05) is 78.7 Å². The number of hydrogen-bond donors (Lipinski definition) is 0. The van der Waals surface area contributed by atoms with Gasteiger partial charge in [-0.3, -0.25) is 0 Å². The largest absolute Gasteiger partial charge is 0.455 e. The van der Waals surface area contributed by atoms with Crippen LogP contribution < -0.4 is 9.80 Å². The summed E-state index contributed by atoms with van der Waals surface area (Å²) in [6, 6.07) is 94.9. The zero-order valence-corrected chi connectivity index (χ0v) is 39.1. The molecule has 14 aromatic rings. The van der Waals surface area contributed by atoms with Gasteiger partial charge in [0.15, 0.2) is 0 Å². The highest BCUT2D eigenvalue weighted by atomic mass is 16.3. The van der Waals surface area contributed by atoms with Crippen LogP contribution >= 0.6 is 0 Å². The van der Waals surface area contributed by atoms with Crippen molar-refractivity contribution in [1.29, 1.82) is 0 Å². The Kier molecular flexibility index (Phi) is 9.82. The van der Waals surface area contributed by atoms with E-state index in [0.717, 1.165) is 112 Å². The number of benzene rings is 12. The summed E-state index contributed by atoms with van der Waals surface area (Å²) < 4.78 is 13.8. The first-order chi connectivity index (χ1) is 35.7. The number of fused-ring (bicyclic) bond motifs is 2. The van der Waals surface area contributed by atoms with E-state index in [1.165, 1.54) is 21.5 Å². The van der Waals surface area contributed by atoms with Crippen molar-refractivity contribution < 1.29 is 8.83 Å². The van der Waals surface area contributed by atoms with Crippen molar-refractivity contribution in [3.8, 4) is 44.9 Å². The Hall–Kier alpha value is -9.64. The van der Waals surface area contributed by atoms with E-state index in [-0.39, 0.29) is 0 Å². The lowest BCUT2D eigenvalue weighted by atomic mass is 9.91. The van der Waals surface area contributed by atoms with E-state index < -0.39 is 0 Å². The smallest absolute Gasteiger partial charge is 0.143 e. The molecular formula is C68H44N2O2. The molecule has 0 atom stereocenters. The molecule has 0 aliphatic carbocycles. The molecule has 2 heterocycles. The summed E-state index contributed by atoms with van der Waals surface area (Å²) in [5.74, 6) is 1.72. The van der Waals surface area contributed by atoms with Crippen molar-refractivity contribution in [1.82, 2.24) is 0 Å². The minimum absolute atomic E-state index is 0.829. The predicted octanol–water partition coefficient (Wildman–Crippen LogP) is 19.7. The van der Waals surface area contributed by atoms with Crippen LogP contribution in [0.2, 0.25) is 0 Å². The summed E-state index contributed by atoms with van der Waals surface area (Å²) in [7, 11) is 0. The molecule has 0 fully saturated rings. The summed E-state index contributed by atoms with van der Waals surface area (Å²) >= 11 is 0. The summed E-state index contributed by atoms with van der Waals surface area (Å²) in [5, 5.41) is 9.27. The van der Waals surface area contributed by atoms with E-state index in [4.69, 9.17) is 8.83 Å². The second-order valence-corrected chi connectivity index (χ2v) is 18.4. The van der Waals surface area contributed by atoms with Gasteiger partial charge < -0.3 is 18.6 Å². The van der Waals surface area contributed by atoms with Crippen molar-refractivity contribution in [2.75, 3.05) is 9.80 Å². The predicted molar refractivity (Wildman–Crippen MR) is 301 cm³/mol. The molecular weight excluding hydrogens is 877 g/mol. The summed E-state index contributed by atoms with van der Waals surface area (Å²) in [6.07, 6.45) is 0. The van der Waals surface area contributed by atoms with Crippen LogP contribution in [0.4, 0.5) is 34.1 Å². The molecule has 0 radical (unpaired) electrons. The van der Waals surface area contributed by atoms with E-state index >= 15 is 0 Å². The third-order valence-corrected chi connectivity index (χ3v) is 14.2. The number of nitrogens with zero attached hydrogens (tertiary/aromatic N) is 2. The second kappa shape index (κ2) is 17.1. The van der Waals surface area contributed by atoms with E-state index in [1.54, 1.807) is 0 Å². The van der Waals surface area contributed by atoms with Gasteiger partial charge in [-0.05, 0) is 93.3 Å². The normalized spacial score (nSPS) is 11.6. The molecule has 0 saturated carbocycles. The minimum Gasteiger partial charge on any atom is -0.455 e. The SMILES string of the molecule is c1ccc(-c2oc3cc(N(c4ccccc4)c4ccc5ccc6c(N(c7ccccc7)c7ccc8c(-c9ccccc9)c(-c9ccccc9)oc8c7)ccc7ccc4c5c76)ccc3c2-c2ccccc2)cc1. The number of para-hydroxylation sites is 2. The van der Waals surface area contributed by atoms with Crippen LogP contribution in [-0.4, -0.2) is 0 Å². The van der Waals surface area contributed by atoms with E-state index in [0.29, 0.717) is 0 Å². The number of rotatable bonds is 10. The average molecular weight is 921 g/mol. The van der Waals surface area contributed by atoms with E-state index in [2.05, 4.69) is 265 Å². The Morgan fingerprint density at radius 3 is 0.944 bits per heavy atom. The first-order valence-corrected chi connectivity index (χ1v) is 24.5. The molecule has 4 nitrogen and oxygen atoms in total. The topological polar surface area (TPSA) is 32.8 Å². The van der Waals surface area contributed by atoms with Gasteiger partial charge in [0.1, 0.15) is 22.7 Å². The fourth-order valence-corrected chi connectivity index (χ4v) is 11.0. The van der Waals surface area contributed by atoms with Crippen LogP contribution in [-0.2, 0) is 0 Å². The first kappa shape index (κ1) is 41.3. The Labute approximate surface area is 416 Å². The minimum atomic E-state index is 0.829. The summed E-state index contributed by atoms with van der Waals surface area (Å²) in [4.78, 5) is 4.75. The van der Waals surface area contributed by atoms with E-state index in [1.807, 2.05) is 12.1 Å². The van der Waals surface area contributed by atoms with Gasteiger partial charge in [0.05, 0.1) is 11.4 Å². The Balaban J connectivity index is 0.953. The van der Waals surface area contributed by atoms with Crippen molar-refractivity contribution in [3.63, 3.8) is 0 Å². The molecule has 2 aromatic heterocycles. The molecule has 12 aromatic carbocycles. The standard InChI is InChI=1S/C68H44N2O2/c1-7-19-45(20-8-1)65-57-39-35-53(43-61(57)71-67(65)49-23-11-3-12-24-49)69(51-27-15-5-16-28-51)59-41-33-47-32-38-56-60(42-34-48-31-37-55(59)63(47)64(48)56)70(52-29-17-6-18-30-52)54-36-40-58-62(44-54)72-68(50-25-13-4-14-26-50)66(58)46-21-9-2-10-22-46/h1-44H.